The van der Waals surface area contributed by atoms with Crippen LogP contribution in [0.15, 0.2) is 29.1 Å². The van der Waals surface area contributed by atoms with Gasteiger partial charge in [0.25, 0.3) is 11.5 Å². The molecule has 7 nitrogen and oxygen atoms in total. The molecule has 0 aliphatic carbocycles. The number of fused-ring (bicyclic) bond motifs is 1. The lowest BCUT2D eigenvalue weighted by atomic mass is 10.1. The van der Waals surface area contributed by atoms with Crippen LogP contribution < -0.4 is 10.9 Å². The van der Waals surface area contributed by atoms with E-state index in [0.717, 1.165) is 0 Å². The van der Waals surface area contributed by atoms with E-state index in [-0.39, 0.29) is 23.7 Å². The van der Waals surface area contributed by atoms with Gasteiger partial charge in [-0.2, -0.15) is 5.10 Å². The maximum atomic E-state index is 12.3. The van der Waals surface area contributed by atoms with Gasteiger partial charge < -0.3 is 10.2 Å². The van der Waals surface area contributed by atoms with Gasteiger partial charge in [-0.15, -0.1) is 0 Å². The van der Waals surface area contributed by atoms with E-state index in [1.165, 1.54) is 19.0 Å². The van der Waals surface area contributed by atoms with Crippen molar-refractivity contribution in [3.63, 3.8) is 0 Å². The van der Waals surface area contributed by atoms with Crippen molar-refractivity contribution in [1.82, 2.24) is 20.4 Å². The van der Waals surface area contributed by atoms with E-state index in [1.807, 2.05) is 0 Å². The Kier molecular flexibility index (Phi) is 3.79. The van der Waals surface area contributed by atoms with Gasteiger partial charge in [0.2, 0.25) is 5.91 Å². The largest absolute Gasteiger partial charge is 0.358 e. The SMILES string of the molecule is CNC(=O)CN(C)C(=O)c1n[nH]c(=O)c2ccccc12. The van der Waals surface area contributed by atoms with Crippen LogP contribution in [0.25, 0.3) is 10.8 Å². The molecule has 0 aliphatic rings. The molecule has 1 heterocycles. The lowest BCUT2D eigenvalue weighted by molar-refractivity contribution is -0.121. The summed E-state index contributed by atoms with van der Waals surface area (Å²) in [5.41, 5.74) is -0.238. The van der Waals surface area contributed by atoms with Gasteiger partial charge in [0.1, 0.15) is 0 Å². The van der Waals surface area contributed by atoms with Gasteiger partial charge in [0.15, 0.2) is 5.69 Å². The van der Waals surface area contributed by atoms with Crippen LogP contribution in [0.5, 0.6) is 0 Å². The fourth-order valence-electron chi connectivity index (χ4n) is 1.82. The smallest absolute Gasteiger partial charge is 0.275 e. The highest BCUT2D eigenvalue weighted by Gasteiger charge is 2.19. The zero-order chi connectivity index (χ0) is 14.7. The zero-order valence-corrected chi connectivity index (χ0v) is 11.1. The molecular formula is C13H14N4O3. The van der Waals surface area contributed by atoms with Gasteiger partial charge in [-0.05, 0) is 6.07 Å². The topological polar surface area (TPSA) is 95.2 Å². The quantitative estimate of drug-likeness (QED) is 0.806. The maximum absolute atomic E-state index is 12.3. The highest BCUT2D eigenvalue weighted by atomic mass is 16.2. The van der Waals surface area contributed by atoms with Crippen LogP contribution in [0.1, 0.15) is 10.5 Å². The fraction of sp³-hybridized carbons (Fsp3) is 0.231. The van der Waals surface area contributed by atoms with E-state index in [1.54, 1.807) is 24.3 Å². The summed E-state index contributed by atoms with van der Waals surface area (Å²) in [6.45, 7) is -0.0789. The first-order valence-electron chi connectivity index (χ1n) is 5.98. The Morgan fingerprint density at radius 3 is 2.60 bits per heavy atom. The molecule has 0 saturated carbocycles. The molecular weight excluding hydrogens is 260 g/mol. The summed E-state index contributed by atoms with van der Waals surface area (Å²) >= 11 is 0. The Labute approximate surface area is 114 Å². The number of carbonyl (C=O) groups is 2. The average Bonchev–Trinajstić information content (AvgIpc) is 2.47. The number of nitrogens with one attached hydrogen (secondary N) is 2. The van der Waals surface area contributed by atoms with Gasteiger partial charge in [-0.3, -0.25) is 14.4 Å². The monoisotopic (exact) mass is 274 g/mol. The molecule has 0 unspecified atom stereocenters. The molecule has 0 radical (unpaired) electrons. The van der Waals surface area contributed by atoms with Crippen LogP contribution in [-0.4, -0.2) is 47.6 Å². The molecule has 2 rings (SSSR count). The number of carbonyl (C=O) groups excluding carboxylic acids is 2. The minimum absolute atomic E-state index is 0.0789. The van der Waals surface area contributed by atoms with Gasteiger partial charge in [-0.1, -0.05) is 18.2 Å². The summed E-state index contributed by atoms with van der Waals surface area (Å²) in [5.74, 6) is -0.712. The molecule has 0 fully saturated rings. The van der Waals surface area contributed by atoms with Gasteiger partial charge in [0, 0.05) is 19.5 Å². The molecule has 2 N–H and O–H groups in total. The van der Waals surface area contributed by atoms with Crippen LogP contribution in [0.3, 0.4) is 0 Å². The van der Waals surface area contributed by atoms with Crippen molar-refractivity contribution in [2.45, 2.75) is 0 Å². The minimum Gasteiger partial charge on any atom is -0.358 e. The molecule has 104 valence electrons. The molecule has 20 heavy (non-hydrogen) atoms. The summed E-state index contributed by atoms with van der Waals surface area (Å²) in [6, 6.07) is 6.70. The van der Waals surface area contributed by atoms with Gasteiger partial charge in [0.05, 0.1) is 11.9 Å². The predicted molar refractivity (Wildman–Crippen MR) is 73.4 cm³/mol. The van der Waals surface area contributed by atoms with Crippen molar-refractivity contribution in [2.75, 3.05) is 20.6 Å². The van der Waals surface area contributed by atoms with Crippen molar-refractivity contribution in [2.24, 2.45) is 0 Å². The van der Waals surface area contributed by atoms with Gasteiger partial charge in [-0.25, -0.2) is 5.10 Å². The Hall–Kier alpha value is -2.70. The Bertz CT molecular complexity index is 723. The van der Waals surface area contributed by atoms with Crippen LogP contribution in [-0.2, 0) is 4.79 Å². The number of likely N-dealkylation sites (N-methyl/N-ethyl adjacent to an activating group) is 2. The second kappa shape index (κ2) is 5.52. The third-order valence-corrected chi connectivity index (χ3v) is 2.90. The lowest BCUT2D eigenvalue weighted by Crippen LogP contribution is -2.37. The van der Waals surface area contributed by atoms with Crippen molar-refractivity contribution in [3.8, 4) is 0 Å². The highest BCUT2D eigenvalue weighted by Crippen LogP contribution is 2.13. The first-order valence-corrected chi connectivity index (χ1v) is 5.98. The third-order valence-electron chi connectivity index (χ3n) is 2.90. The van der Waals surface area contributed by atoms with Crippen molar-refractivity contribution >= 4 is 22.6 Å². The molecule has 1 aromatic carbocycles. The average molecular weight is 274 g/mol. The maximum Gasteiger partial charge on any atom is 0.275 e. The number of aromatic amines is 1. The number of benzene rings is 1. The van der Waals surface area contributed by atoms with E-state index in [2.05, 4.69) is 15.5 Å². The molecule has 0 saturated heterocycles. The lowest BCUT2D eigenvalue weighted by Gasteiger charge is -2.16. The standard InChI is InChI=1S/C13H14N4O3/c1-14-10(18)7-17(2)13(20)11-8-5-3-4-6-9(8)12(19)16-15-11/h3-6H,7H2,1-2H3,(H,14,18)(H,16,19). The number of hydrogen-bond donors (Lipinski definition) is 2. The zero-order valence-electron chi connectivity index (χ0n) is 11.1. The number of rotatable bonds is 3. The minimum atomic E-state index is -0.430. The Balaban J connectivity index is 2.43. The molecule has 0 atom stereocenters. The van der Waals surface area contributed by atoms with E-state index in [4.69, 9.17) is 0 Å². The molecule has 7 heteroatoms. The number of aromatic nitrogens is 2. The van der Waals surface area contributed by atoms with E-state index in [0.29, 0.717) is 10.8 Å². The van der Waals surface area contributed by atoms with Gasteiger partial charge >= 0.3 is 0 Å². The van der Waals surface area contributed by atoms with Crippen LogP contribution in [0, 0.1) is 0 Å². The Morgan fingerprint density at radius 2 is 1.95 bits per heavy atom. The molecule has 1 aromatic heterocycles. The number of nitrogens with zero attached hydrogens (tertiary/aromatic N) is 2. The first-order chi connectivity index (χ1) is 9.54. The summed E-state index contributed by atoms with van der Waals surface area (Å²) < 4.78 is 0. The second-order valence-electron chi connectivity index (χ2n) is 4.28. The summed E-state index contributed by atoms with van der Waals surface area (Å²) in [7, 11) is 2.99. The molecule has 2 amide bonds. The van der Waals surface area contributed by atoms with Crippen LogP contribution in [0.4, 0.5) is 0 Å². The van der Waals surface area contributed by atoms with E-state index >= 15 is 0 Å². The fourth-order valence-corrected chi connectivity index (χ4v) is 1.82. The first kappa shape index (κ1) is 13.7. The van der Waals surface area contributed by atoms with Crippen LogP contribution in [0.2, 0.25) is 0 Å². The van der Waals surface area contributed by atoms with E-state index in [9.17, 15) is 14.4 Å². The summed E-state index contributed by atoms with van der Waals surface area (Å²) in [4.78, 5) is 36.5. The highest BCUT2D eigenvalue weighted by molar-refractivity contribution is 6.05. The van der Waals surface area contributed by atoms with Crippen molar-refractivity contribution in [1.29, 1.82) is 0 Å². The van der Waals surface area contributed by atoms with Crippen molar-refractivity contribution in [3.05, 3.63) is 40.3 Å². The summed E-state index contributed by atoms with van der Waals surface area (Å²) in [5, 5.41) is 9.38. The normalized spacial score (nSPS) is 10.3. The predicted octanol–water partition coefficient (Wildman–Crippen LogP) is -0.259. The third kappa shape index (κ3) is 2.51. The second-order valence-corrected chi connectivity index (χ2v) is 4.28. The van der Waals surface area contributed by atoms with E-state index < -0.39 is 5.91 Å². The number of hydrogen-bond acceptors (Lipinski definition) is 4. The number of H-pyrrole nitrogens is 1. The summed E-state index contributed by atoms with van der Waals surface area (Å²) in [6.07, 6.45) is 0. The molecule has 2 aromatic rings. The van der Waals surface area contributed by atoms with Crippen molar-refractivity contribution < 1.29 is 9.59 Å². The number of amides is 2. The molecule has 0 bridgehead atoms. The molecule has 0 spiro atoms. The van der Waals surface area contributed by atoms with Crippen LogP contribution >= 0.6 is 0 Å². The Morgan fingerprint density at radius 1 is 1.30 bits per heavy atom. The molecule has 0 aliphatic heterocycles.